The van der Waals surface area contributed by atoms with Gasteiger partial charge in [-0.1, -0.05) is 25.5 Å². The highest BCUT2D eigenvalue weighted by atomic mass is 19.1. The molecule has 1 saturated carbocycles. The zero-order valence-electron chi connectivity index (χ0n) is 12.0. The molecule has 21 heavy (non-hydrogen) atoms. The first-order valence-electron chi connectivity index (χ1n) is 7.26. The number of carbonyl (C=O) groups excluding carboxylic acids is 1. The van der Waals surface area contributed by atoms with Gasteiger partial charge in [0.2, 0.25) is 5.91 Å². The Labute approximate surface area is 123 Å². The summed E-state index contributed by atoms with van der Waals surface area (Å²) in [6.07, 6.45) is 2.09. The zero-order valence-corrected chi connectivity index (χ0v) is 12.0. The van der Waals surface area contributed by atoms with Crippen LogP contribution in [0.25, 0.3) is 0 Å². The molecule has 2 N–H and O–H groups in total. The molecule has 0 radical (unpaired) electrons. The monoisotopic (exact) mass is 293 g/mol. The van der Waals surface area contributed by atoms with Gasteiger partial charge in [0.25, 0.3) is 0 Å². The van der Waals surface area contributed by atoms with Crippen LogP contribution in [-0.4, -0.2) is 17.0 Å². The van der Waals surface area contributed by atoms with Crippen LogP contribution in [0.3, 0.4) is 0 Å². The van der Waals surface area contributed by atoms with Gasteiger partial charge in [0.15, 0.2) is 0 Å². The molecule has 1 aliphatic carbocycles. The predicted octanol–water partition coefficient (Wildman–Crippen LogP) is 2.58. The van der Waals surface area contributed by atoms with Crippen LogP contribution in [0.2, 0.25) is 0 Å². The summed E-state index contributed by atoms with van der Waals surface area (Å²) in [5.41, 5.74) is 0.793. The lowest BCUT2D eigenvalue weighted by Gasteiger charge is -2.15. The molecule has 4 nitrogen and oxygen atoms in total. The van der Waals surface area contributed by atoms with Crippen molar-refractivity contribution in [3.05, 3.63) is 35.6 Å². The third-order valence-corrected chi connectivity index (χ3v) is 4.27. The van der Waals surface area contributed by atoms with E-state index in [2.05, 4.69) is 5.32 Å². The summed E-state index contributed by atoms with van der Waals surface area (Å²) in [6, 6.07) is 5.88. The minimum absolute atomic E-state index is 0.220. The number of hydrogen-bond donors (Lipinski definition) is 2. The molecule has 1 fully saturated rings. The van der Waals surface area contributed by atoms with E-state index in [-0.39, 0.29) is 11.7 Å². The molecule has 0 bridgehead atoms. The minimum Gasteiger partial charge on any atom is -0.481 e. The zero-order chi connectivity index (χ0) is 15.4. The number of rotatable bonds is 5. The van der Waals surface area contributed by atoms with E-state index in [4.69, 9.17) is 0 Å². The Morgan fingerprint density at radius 3 is 2.43 bits per heavy atom. The van der Waals surface area contributed by atoms with Crippen molar-refractivity contribution in [2.45, 2.75) is 32.7 Å². The molecule has 1 amide bonds. The van der Waals surface area contributed by atoms with Crippen molar-refractivity contribution in [3.63, 3.8) is 0 Å². The highest BCUT2D eigenvalue weighted by Gasteiger charge is 2.41. The Kier molecular flexibility index (Phi) is 4.94. The molecular formula is C16H20FNO3. The van der Waals surface area contributed by atoms with Crippen LogP contribution in [0.5, 0.6) is 0 Å². The maximum absolute atomic E-state index is 12.8. The fourth-order valence-corrected chi connectivity index (χ4v) is 2.96. The first-order chi connectivity index (χ1) is 10.0. The SMILES string of the molecule is CCC1CC(C(=O)O)C(C(=O)NCc2ccc(F)cc2)C1. The molecule has 0 spiro atoms. The standard InChI is InChI=1S/C16H20FNO3/c1-2-10-7-13(14(8-10)16(20)21)15(19)18-9-11-3-5-12(17)6-4-11/h3-6,10,13-14H,2,7-9H2,1H3,(H,18,19)(H,20,21). The Hall–Kier alpha value is -1.91. The fraction of sp³-hybridized carbons (Fsp3) is 0.500. The number of aliphatic carboxylic acids is 1. The molecule has 1 aromatic carbocycles. The smallest absolute Gasteiger partial charge is 0.307 e. The molecule has 3 atom stereocenters. The minimum atomic E-state index is -0.895. The second kappa shape index (κ2) is 6.70. The Balaban J connectivity index is 1.95. The van der Waals surface area contributed by atoms with E-state index in [0.29, 0.717) is 25.3 Å². The summed E-state index contributed by atoms with van der Waals surface area (Å²) in [5, 5.41) is 12.0. The van der Waals surface area contributed by atoms with Crippen LogP contribution in [0.1, 0.15) is 31.7 Å². The molecular weight excluding hydrogens is 273 g/mol. The van der Waals surface area contributed by atoms with E-state index < -0.39 is 17.8 Å². The van der Waals surface area contributed by atoms with E-state index >= 15 is 0 Å². The van der Waals surface area contributed by atoms with Crippen molar-refractivity contribution in [1.82, 2.24) is 5.32 Å². The highest BCUT2D eigenvalue weighted by molar-refractivity contribution is 5.85. The number of hydrogen-bond acceptors (Lipinski definition) is 2. The van der Waals surface area contributed by atoms with Gasteiger partial charge in [-0.3, -0.25) is 9.59 Å². The van der Waals surface area contributed by atoms with Crippen molar-refractivity contribution >= 4 is 11.9 Å². The second-order valence-corrected chi connectivity index (χ2v) is 5.64. The molecule has 0 aliphatic heterocycles. The molecule has 114 valence electrons. The third kappa shape index (κ3) is 3.80. The van der Waals surface area contributed by atoms with E-state index in [1.807, 2.05) is 6.92 Å². The lowest BCUT2D eigenvalue weighted by Crippen LogP contribution is -2.34. The third-order valence-electron chi connectivity index (χ3n) is 4.27. The van der Waals surface area contributed by atoms with Crippen molar-refractivity contribution in [2.75, 3.05) is 0 Å². The lowest BCUT2D eigenvalue weighted by atomic mass is 9.95. The molecule has 3 unspecified atom stereocenters. The van der Waals surface area contributed by atoms with Gasteiger partial charge < -0.3 is 10.4 Å². The van der Waals surface area contributed by atoms with Gasteiger partial charge in [-0.2, -0.15) is 0 Å². The largest absolute Gasteiger partial charge is 0.481 e. The van der Waals surface area contributed by atoms with E-state index in [9.17, 15) is 19.1 Å². The van der Waals surface area contributed by atoms with Crippen LogP contribution >= 0.6 is 0 Å². The first kappa shape index (κ1) is 15.5. The topological polar surface area (TPSA) is 66.4 Å². The maximum Gasteiger partial charge on any atom is 0.307 e. The summed E-state index contributed by atoms with van der Waals surface area (Å²) < 4.78 is 12.8. The van der Waals surface area contributed by atoms with E-state index in [1.165, 1.54) is 12.1 Å². The molecule has 0 aromatic heterocycles. The van der Waals surface area contributed by atoms with Gasteiger partial charge in [-0.05, 0) is 36.5 Å². The fourth-order valence-electron chi connectivity index (χ4n) is 2.96. The van der Waals surface area contributed by atoms with Gasteiger partial charge in [-0.25, -0.2) is 4.39 Å². The average molecular weight is 293 g/mol. The number of halogens is 1. The number of carboxylic acids is 1. The molecule has 1 aliphatic rings. The van der Waals surface area contributed by atoms with Crippen LogP contribution in [0, 0.1) is 23.6 Å². The maximum atomic E-state index is 12.8. The predicted molar refractivity (Wildman–Crippen MR) is 75.9 cm³/mol. The van der Waals surface area contributed by atoms with Crippen LogP contribution < -0.4 is 5.32 Å². The van der Waals surface area contributed by atoms with E-state index in [1.54, 1.807) is 12.1 Å². The molecule has 0 heterocycles. The van der Waals surface area contributed by atoms with Crippen LogP contribution in [-0.2, 0) is 16.1 Å². The number of carboxylic acid groups (broad SMARTS) is 1. The normalized spacial score (nSPS) is 24.8. The van der Waals surface area contributed by atoms with Gasteiger partial charge >= 0.3 is 5.97 Å². The lowest BCUT2D eigenvalue weighted by molar-refractivity contribution is -0.146. The number of benzene rings is 1. The van der Waals surface area contributed by atoms with Crippen molar-refractivity contribution in [2.24, 2.45) is 17.8 Å². The highest BCUT2D eigenvalue weighted by Crippen LogP contribution is 2.38. The van der Waals surface area contributed by atoms with Crippen molar-refractivity contribution in [1.29, 1.82) is 0 Å². The molecule has 1 aromatic rings. The quantitative estimate of drug-likeness (QED) is 0.877. The number of nitrogens with one attached hydrogen (secondary N) is 1. The Morgan fingerprint density at radius 2 is 1.86 bits per heavy atom. The average Bonchev–Trinajstić information content (AvgIpc) is 2.91. The number of carbonyl (C=O) groups is 2. The second-order valence-electron chi connectivity index (χ2n) is 5.64. The summed E-state index contributed by atoms with van der Waals surface area (Å²) in [6.45, 7) is 2.31. The molecule has 0 saturated heterocycles. The Bertz CT molecular complexity index is 515. The summed E-state index contributed by atoms with van der Waals surface area (Å²) in [5.74, 6) is -2.20. The van der Waals surface area contributed by atoms with Crippen molar-refractivity contribution < 1.29 is 19.1 Å². The summed E-state index contributed by atoms with van der Waals surface area (Å²) in [4.78, 5) is 23.5. The summed E-state index contributed by atoms with van der Waals surface area (Å²) in [7, 11) is 0. The van der Waals surface area contributed by atoms with Gasteiger partial charge in [0.1, 0.15) is 5.82 Å². The van der Waals surface area contributed by atoms with Gasteiger partial charge in [0.05, 0.1) is 11.8 Å². The van der Waals surface area contributed by atoms with Crippen molar-refractivity contribution in [3.8, 4) is 0 Å². The molecule has 5 heteroatoms. The number of amides is 1. The van der Waals surface area contributed by atoms with Crippen LogP contribution in [0.4, 0.5) is 4.39 Å². The summed E-state index contributed by atoms with van der Waals surface area (Å²) >= 11 is 0. The van der Waals surface area contributed by atoms with Gasteiger partial charge in [0, 0.05) is 6.54 Å². The van der Waals surface area contributed by atoms with Crippen LogP contribution in [0.15, 0.2) is 24.3 Å². The van der Waals surface area contributed by atoms with E-state index in [0.717, 1.165) is 12.0 Å². The molecule has 2 rings (SSSR count). The van der Waals surface area contributed by atoms with Gasteiger partial charge in [-0.15, -0.1) is 0 Å². The Morgan fingerprint density at radius 1 is 1.24 bits per heavy atom. The first-order valence-corrected chi connectivity index (χ1v) is 7.26.